The van der Waals surface area contributed by atoms with E-state index in [2.05, 4.69) is 0 Å². The summed E-state index contributed by atoms with van der Waals surface area (Å²) in [6, 6.07) is 2.28. The number of ketones is 1. The van der Waals surface area contributed by atoms with Crippen LogP contribution in [0, 0.1) is 0 Å². The number of hydrogen-bond acceptors (Lipinski definition) is 26. The third kappa shape index (κ3) is 6.61. The van der Waals surface area contributed by atoms with Crippen LogP contribution in [0.15, 0.2) is 30.3 Å². The Bertz CT molecular complexity index is 2830. The van der Waals surface area contributed by atoms with Gasteiger partial charge in [-0.25, -0.2) is 24.0 Å². The normalized spacial score (nSPS) is 26.0. The van der Waals surface area contributed by atoms with Gasteiger partial charge in [-0.3, -0.25) is 4.79 Å². The molecule has 1 saturated heterocycles. The molecule has 1 saturated carbocycles. The van der Waals surface area contributed by atoms with Crippen LogP contribution in [0.3, 0.4) is 0 Å². The van der Waals surface area contributed by atoms with Crippen molar-refractivity contribution in [3.05, 3.63) is 58.1 Å². The average Bonchev–Trinajstić information content (AvgIpc) is 3.49. The van der Waals surface area contributed by atoms with E-state index >= 15 is 0 Å². The molecule has 8 atom stereocenters. The first-order valence-electron chi connectivity index (χ1n) is 18.7. The molecule has 4 aromatic carbocycles. The minimum absolute atomic E-state index is 0.359. The lowest BCUT2D eigenvalue weighted by atomic mass is 9.81. The summed E-state index contributed by atoms with van der Waals surface area (Å²) in [6.45, 7) is -1.31. The smallest absolute Gasteiger partial charge is 0.340 e. The number of Topliss-reactive ketones (excluding diaryl/α,β-unsaturated/α-hetero) is 1. The molecule has 1 aliphatic carbocycles. The number of fused-ring (bicyclic) bond motifs is 6. The van der Waals surface area contributed by atoms with E-state index in [0.717, 1.165) is 0 Å². The van der Waals surface area contributed by atoms with Gasteiger partial charge in [0.05, 0.1) is 28.2 Å². The first kappa shape index (κ1) is 44.0. The van der Waals surface area contributed by atoms with Gasteiger partial charge in [-0.1, -0.05) is 0 Å². The van der Waals surface area contributed by atoms with Gasteiger partial charge in [0, 0.05) is 23.1 Å². The monoisotopic (exact) mass is 926 g/mol. The summed E-state index contributed by atoms with van der Waals surface area (Å²) in [7, 11) is 0. The van der Waals surface area contributed by atoms with E-state index in [4.69, 9.17) is 28.4 Å². The van der Waals surface area contributed by atoms with E-state index in [0.29, 0.717) is 30.3 Å². The predicted octanol–water partition coefficient (Wildman–Crippen LogP) is -0.602. The number of benzene rings is 4. The van der Waals surface area contributed by atoms with Crippen LogP contribution in [-0.4, -0.2) is 156 Å². The van der Waals surface area contributed by atoms with E-state index in [1.54, 1.807) is 0 Å². The van der Waals surface area contributed by atoms with Crippen molar-refractivity contribution in [2.45, 2.75) is 54.7 Å². The lowest BCUT2D eigenvalue weighted by molar-refractivity contribution is -0.289. The number of carbonyl (C=O) groups is 6. The number of aromatic hydroxyl groups is 12. The van der Waals surface area contributed by atoms with Crippen molar-refractivity contribution in [3.8, 4) is 80.1 Å². The summed E-state index contributed by atoms with van der Waals surface area (Å²) < 4.78 is 33.5. The maximum Gasteiger partial charge on any atom is 0.340 e. The molecule has 26 heteroatoms. The van der Waals surface area contributed by atoms with E-state index in [-0.39, 0.29) is 0 Å². The van der Waals surface area contributed by atoms with Crippen molar-refractivity contribution >= 4 is 35.6 Å². The number of phenolic OH excluding ortho intramolecular Hbond substituents is 12. The Hall–Kier alpha value is -8.62. The van der Waals surface area contributed by atoms with E-state index in [1.165, 1.54) is 0 Å². The zero-order valence-corrected chi connectivity index (χ0v) is 32.5. The van der Waals surface area contributed by atoms with Crippen molar-refractivity contribution in [1.29, 1.82) is 0 Å². The summed E-state index contributed by atoms with van der Waals surface area (Å²) in [5.41, 5.74) is -10.9. The average molecular weight is 927 g/mol. The Balaban J connectivity index is 1.39. The molecule has 346 valence electrons. The maximum atomic E-state index is 14.6. The molecular formula is C40H30O26. The van der Waals surface area contributed by atoms with Crippen LogP contribution in [0.4, 0.5) is 0 Å². The molecule has 26 nitrogen and oxygen atoms in total. The molecule has 4 aromatic rings. The van der Waals surface area contributed by atoms with Gasteiger partial charge in [-0.2, -0.15) is 0 Å². The van der Waals surface area contributed by atoms with Crippen LogP contribution in [0.1, 0.15) is 59.3 Å². The minimum atomic E-state index is -3.38. The molecule has 0 radical (unpaired) electrons. The highest BCUT2D eigenvalue weighted by molar-refractivity contribution is 6.09. The van der Waals surface area contributed by atoms with Gasteiger partial charge in [-0.05, 0) is 30.3 Å². The van der Waals surface area contributed by atoms with E-state index < -0.39 is 205 Å². The number of aliphatic hydroxyl groups is 2. The number of esters is 5. The number of ether oxygens (including phenoxy) is 6. The van der Waals surface area contributed by atoms with Gasteiger partial charge < -0.3 is 99.9 Å². The minimum Gasteiger partial charge on any atom is -0.504 e. The highest BCUT2D eigenvalue weighted by atomic mass is 16.7. The maximum absolute atomic E-state index is 14.6. The number of aliphatic hydroxyl groups excluding tert-OH is 1. The fourth-order valence-corrected chi connectivity index (χ4v) is 8.00. The Morgan fingerprint density at radius 3 is 1.64 bits per heavy atom. The second-order valence-corrected chi connectivity index (χ2v) is 15.1. The van der Waals surface area contributed by atoms with Gasteiger partial charge in [0.15, 0.2) is 75.3 Å². The molecule has 4 bridgehead atoms. The Kier molecular flexibility index (Phi) is 10.2. The highest BCUT2D eigenvalue weighted by Gasteiger charge is 2.63. The predicted molar refractivity (Wildman–Crippen MR) is 201 cm³/mol. The summed E-state index contributed by atoms with van der Waals surface area (Å²) in [4.78, 5) is 84.5. The summed E-state index contributed by atoms with van der Waals surface area (Å²) in [6.07, 6.45) is -16.0. The number of carbonyl (C=O) groups excluding carboxylic acids is 6. The standard InChI is InChI=1S/C40H30O26/c41-12-1-8(2-13(42)23(12)47)34(55)66-38-33-32-31(65-39(59)40(60)6-17(46)24(48)22(40)21-11(37(58)64-33)5-16(45)27(51)30(21)54)18(62-38)7-61-35(56)9-3-14(43)25(49)28(52)19(9)20-10(36(57)63-32)4-15(44)26(50)29(20)53/h1-5,17-18,22,31-33,38,41-47,49-54,60H,6-7H2/t17-,18-,22+,31+,32+,33-,38-,40+/m0/s1. The molecule has 14 N–H and O–H groups in total. The summed E-state index contributed by atoms with van der Waals surface area (Å²) in [5, 5.41) is 149. The van der Waals surface area contributed by atoms with E-state index in [1.807, 2.05) is 0 Å². The van der Waals surface area contributed by atoms with E-state index in [9.17, 15) is 100 Å². The van der Waals surface area contributed by atoms with Gasteiger partial charge in [-0.15, -0.1) is 0 Å². The number of phenols is 12. The molecule has 2 fully saturated rings. The van der Waals surface area contributed by atoms with Crippen LogP contribution in [0.2, 0.25) is 0 Å². The molecule has 8 rings (SSSR count). The molecule has 66 heavy (non-hydrogen) atoms. The lowest BCUT2D eigenvalue weighted by Crippen LogP contribution is -2.64. The zero-order valence-electron chi connectivity index (χ0n) is 32.5. The van der Waals surface area contributed by atoms with Crippen LogP contribution in [0.25, 0.3) is 11.1 Å². The third-order valence-electron chi connectivity index (χ3n) is 11.2. The topological polar surface area (TPSA) is 441 Å². The molecule has 4 aliphatic rings. The quantitative estimate of drug-likeness (QED) is 0.0678. The van der Waals surface area contributed by atoms with Crippen molar-refractivity contribution in [2.75, 3.05) is 6.61 Å². The Labute approximate surface area is 363 Å². The number of rotatable bonds is 2. The SMILES string of the molecule is O=C(O[C@@H]1O[C@H]2COC(=O)c3cc(O)c(O)c(O)c3-c3c(cc(O)c(O)c3O)C(=O)O[C@H]3[C@@H]1OC(=O)c1cc(O)c(O)c(O)c1[C@@H]1C(=O)[C@@H](O)C[C@]1(O)C(=O)O[C@@H]32)c1cc(O)c(O)c(O)c1. The Morgan fingerprint density at radius 2 is 1.06 bits per heavy atom. The second kappa shape index (κ2) is 15.3. The van der Waals surface area contributed by atoms with Crippen molar-refractivity contribution in [2.24, 2.45) is 0 Å². The second-order valence-electron chi connectivity index (χ2n) is 15.1. The summed E-state index contributed by atoms with van der Waals surface area (Å²) >= 11 is 0. The first-order valence-corrected chi connectivity index (χ1v) is 18.7. The van der Waals surface area contributed by atoms with Gasteiger partial charge in [0.25, 0.3) is 0 Å². The third-order valence-corrected chi connectivity index (χ3v) is 11.2. The lowest BCUT2D eigenvalue weighted by Gasteiger charge is -2.44. The fraction of sp³-hybridized carbons (Fsp3) is 0.250. The Morgan fingerprint density at radius 1 is 0.576 bits per heavy atom. The zero-order chi connectivity index (χ0) is 48.2. The van der Waals surface area contributed by atoms with Gasteiger partial charge in [0.1, 0.15) is 18.8 Å². The highest BCUT2D eigenvalue weighted by Crippen LogP contribution is 2.54. The van der Waals surface area contributed by atoms with Crippen LogP contribution in [0.5, 0.6) is 69.0 Å². The molecule has 0 unspecified atom stereocenters. The fourth-order valence-electron chi connectivity index (χ4n) is 8.00. The van der Waals surface area contributed by atoms with Crippen LogP contribution in [-0.2, 0) is 38.0 Å². The van der Waals surface area contributed by atoms with Crippen molar-refractivity contribution in [1.82, 2.24) is 0 Å². The molecule has 0 aromatic heterocycles. The number of hydrogen-bond donors (Lipinski definition) is 14. The molecular weight excluding hydrogens is 896 g/mol. The largest absolute Gasteiger partial charge is 0.504 e. The molecule has 3 heterocycles. The van der Waals surface area contributed by atoms with Crippen molar-refractivity contribution < 1.29 is 129 Å². The number of cyclic esters (lactones) is 1. The first-order chi connectivity index (χ1) is 31.0. The van der Waals surface area contributed by atoms with Gasteiger partial charge >= 0.3 is 29.8 Å². The van der Waals surface area contributed by atoms with Crippen molar-refractivity contribution in [3.63, 3.8) is 0 Å². The molecule has 0 spiro atoms. The molecule has 0 amide bonds. The molecule has 3 aliphatic heterocycles. The van der Waals surface area contributed by atoms with Crippen LogP contribution < -0.4 is 0 Å². The summed E-state index contributed by atoms with van der Waals surface area (Å²) in [5.74, 6) is -28.9. The van der Waals surface area contributed by atoms with Gasteiger partial charge in [0.2, 0.25) is 29.6 Å². The van der Waals surface area contributed by atoms with Crippen LogP contribution >= 0.6 is 0 Å².